The number of hydroxylamine groups is 2. The van der Waals surface area contributed by atoms with E-state index in [0.29, 0.717) is 19.5 Å². The van der Waals surface area contributed by atoms with Gasteiger partial charge in [0.1, 0.15) is 0 Å². The third-order valence-electron chi connectivity index (χ3n) is 2.98. The number of halogens is 1. The molecule has 0 unspecified atom stereocenters. The van der Waals surface area contributed by atoms with E-state index in [1.54, 1.807) is 12.1 Å². The SMILES string of the molecule is Cc1ccc(S(=O)(=O)ON2CC[C@H](CF)C2)cc1. The Balaban J connectivity index is 2.06. The van der Waals surface area contributed by atoms with Crippen LogP contribution >= 0.6 is 0 Å². The van der Waals surface area contributed by atoms with E-state index in [2.05, 4.69) is 0 Å². The fraction of sp³-hybridized carbons (Fsp3) is 0.500. The van der Waals surface area contributed by atoms with Gasteiger partial charge in [-0.2, -0.15) is 17.8 Å². The van der Waals surface area contributed by atoms with Gasteiger partial charge in [0, 0.05) is 19.0 Å². The van der Waals surface area contributed by atoms with Crippen LogP contribution < -0.4 is 0 Å². The number of aryl methyl sites for hydroxylation is 1. The Morgan fingerprint density at radius 1 is 1.39 bits per heavy atom. The lowest BCUT2D eigenvalue weighted by Crippen LogP contribution is -2.25. The first-order valence-corrected chi connectivity index (χ1v) is 7.24. The van der Waals surface area contributed by atoms with Gasteiger partial charge in [-0.1, -0.05) is 17.7 Å². The summed E-state index contributed by atoms with van der Waals surface area (Å²) in [4.78, 5) is 0.122. The lowest BCUT2D eigenvalue weighted by atomic mass is 10.1. The summed E-state index contributed by atoms with van der Waals surface area (Å²) in [6, 6.07) is 6.44. The highest BCUT2D eigenvalue weighted by atomic mass is 32.2. The minimum atomic E-state index is -3.79. The zero-order valence-electron chi connectivity index (χ0n) is 10.2. The Kier molecular flexibility index (Phi) is 3.99. The maximum Gasteiger partial charge on any atom is 0.313 e. The molecule has 1 heterocycles. The van der Waals surface area contributed by atoms with Crippen LogP contribution in [0.4, 0.5) is 4.39 Å². The molecule has 0 saturated carbocycles. The van der Waals surface area contributed by atoms with E-state index in [4.69, 9.17) is 4.28 Å². The summed E-state index contributed by atoms with van der Waals surface area (Å²) in [5.41, 5.74) is 0.979. The van der Waals surface area contributed by atoms with Crippen LogP contribution in [-0.2, 0) is 14.4 Å². The van der Waals surface area contributed by atoms with Gasteiger partial charge in [-0.05, 0) is 25.5 Å². The Morgan fingerprint density at radius 2 is 2.06 bits per heavy atom. The smallest absolute Gasteiger partial charge is 0.251 e. The molecule has 1 aromatic rings. The quantitative estimate of drug-likeness (QED) is 0.840. The zero-order valence-corrected chi connectivity index (χ0v) is 11.0. The summed E-state index contributed by atoms with van der Waals surface area (Å²) in [7, 11) is -3.79. The molecule has 6 heteroatoms. The van der Waals surface area contributed by atoms with E-state index in [1.807, 2.05) is 6.92 Å². The maximum atomic E-state index is 12.4. The first-order chi connectivity index (χ1) is 8.51. The molecule has 1 aliphatic rings. The number of nitrogens with zero attached hydrogens (tertiary/aromatic N) is 1. The van der Waals surface area contributed by atoms with E-state index in [-0.39, 0.29) is 10.8 Å². The number of hydrogen-bond donors (Lipinski definition) is 0. The van der Waals surface area contributed by atoms with Crippen LogP contribution in [-0.4, -0.2) is 33.2 Å². The number of rotatable bonds is 4. The predicted octanol–water partition coefficient (Wildman–Crippen LogP) is 1.91. The topological polar surface area (TPSA) is 46.6 Å². The molecular formula is C12H16FNO3S. The van der Waals surface area contributed by atoms with E-state index >= 15 is 0 Å². The van der Waals surface area contributed by atoms with Gasteiger partial charge in [-0.3, -0.25) is 4.39 Å². The summed E-state index contributed by atoms with van der Waals surface area (Å²) < 4.78 is 41.3. The van der Waals surface area contributed by atoms with Gasteiger partial charge >= 0.3 is 10.1 Å². The third kappa shape index (κ3) is 3.07. The van der Waals surface area contributed by atoms with Gasteiger partial charge in [0.25, 0.3) is 0 Å². The van der Waals surface area contributed by atoms with Crippen LogP contribution in [0, 0.1) is 12.8 Å². The average Bonchev–Trinajstić information content (AvgIpc) is 2.76. The van der Waals surface area contributed by atoms with Crippen LogP contribution in [0.3, 0.4) is 0 Å². The molecule has 18 heavy (non-hydrogen) atoms. The molecule has 1 atom stereocenters. The van der Waals surface area contributed by atoms with Crippen LogP contribution in [0.5, 0.6) is 0 Å². The number of hydrogen-bond acceptors (Lipinski definition) is 4. The second-order valence-corrected chi connectivity index (χ2v) is 6.07. The van der Waals surface area contributed by atoms with E-state index < -0.39 is 16.8 Å². The van der Waals surface area contributed by atoms with Gasteiger partial charge in [-0.25, -0.2) is 0 Å². The molecule has 0 aromatic heterocycles. The van der Waals surface area contributed by atoms with Crippen molar-refractivity contribution in [3.63, 3.8) is 0 Å². The Hall–Kier alpha value is -0.980. The first kappa shape index (κ1) is 13.5. The summed E-state index contributed by atoms with van der Waals surface area (Å²) >= 11 is 0. The lowest BCUT2D eigenvalue weighted by molar-refractivity contribution is -0.0315. The van der Waals surface area contributed by atoms with Crippen molar-refractivity contribution in [1.82, 2.24) is 5.06 Å². The Bertz CT molecular complexity index is 501. The van der Waals surface area contributed by atoms with Crippen LogP contribution in [0.25, 0.3) is 0 Å². The van der Waals surface area contributed by atoms with E-state index in [1.165, 1.54) is 17.2 Å². The normalized spacial score (nSPS) is 21.3. The summed E-state index contributed by atoms with van der Waals surface area (Å²) in [5.74, 6) is -0.127. The summed E-state index contributed by atoms with van der Waals surface area (Å²) in [6.45, 7) is 2.20. The molecule has 2 rings (SSSR count). The standard InChI is InChI=1S/C12H16FNO3S/c1-10-2-4-12(5-3-10)18(15,16)17-14-7-6-11(8-13)9-14/h2-5,11H,6-9H2,1H3/t11-/m1/s1. The van der Waals surface area contributed by atoms with Crippen LogP contribution in [0.2, 0.25) is 0 Å². The van der Waals surface area contributed by atoms with E-state index in [0.717, 1.165) is 5.56 Å². The van der Waals surface area contributed by atoms with Gasteiger partial charge in [0.2, 0.25) is 0 Å². The monoisotopic (exact) mass is 273 g/mol. The molecule has 1 saturated heterocycles. The van der Waals surface area contributed by atoms with Gasteiger partial charge in [0.05, 0.1) is 11.6 Å². The number of benzene rings is 1. The van der Waals surface area contributed by atoms with Crippen molar-refractivity contribution in [3.05, 3.63) is 29.8 Å². The van der Waals surface area contributed by atoms with Crippen LogP contribution in [0.15, 0.2) is 29.2 Å². The fourth-order valence-electron chi connectivity index (χ4n) is 1.88. The van der Waals surface area contributed by atoms with Crippen molar-refractivity contribution in [3.8, 4) is 0 Å². The van der Waals surface area contributed by atoms with Crippen molar-refractivity contribution in [1.29, 1.82) is 0 Å². The molecule has 0 spiro atoms. The fourth-order valence-corrected chi connectivity index (χ4v) is 2.85. The van der Waals surface area contributed by atoms with Crippen molar-refractivity contribution in [2.45, 2.75) is 18.2 Å². The largest absolute Gasteiger partial charge is 0.313 e. The van der Waals surface area contributed by atoms with Crippen molar-refractivity contribution < 1.29 is 17.1 Å². The van der Waals surface area contributed by atoms with Crippen LogP contribution in [0.1, 0.15) is 12.0 Å². The minimum absolute atomic E-state index is 0.122. The molecule has 0 aliphatic carbocycles. The molecule has 0 N–H and O–H groups in total. The van der Waals surface area contributed by atoms with Gasteiger partial charge in [-0.15, -0.1) is 0 Å². The highest BCUT2D eigenvalue weighted by molar-refractivity contribution is 7.86. The summed E-state index contributed by atoms with van der Waals surface area (Å²) in [5, 5.41) is 1.32. The Labute approximate surface area is 106 Å². The molecule has 4 nitrogen and oxygen atoms in total. The van der Waals surface area contributed by atoms with Crippen molar-refractivity contribution in [2.24, 2.45) is 5.92 Å². The molecule has 1 fully saturated rings. The zero-order chi connectivity index (χ0) is 13.2. The van der Waals surface area contributed by atoms with Crippen molar-refractivity contribution in [2.75, 3.05) is 19.8 Å². The molecule has 1 aromatic carbocycles. The molecular weight excluding hydrogens is 257 g/mol. The molecule has 0 radical (unpaired) electrons. The number of alkyl halides is 1. The third-order valence-corrected chi connectivity index (χ3v) is 4.24. The van der Waals surface area contributed by atoms with E-state index in [9.17, 15) is 12.8 Å². The minimum Gasteiger partial charge on any atom is -0.251 e. The average molecular weight is 273 g/mol. The second-order valence-electron chi connectivity index (χ2n) is 4.54. The maximum absolute atomic E-state index is 12.4. The van der Waals surface area contributed by atoms with Gasteiger partial charge in [0.15, 0.2) is 0 Å². The predicted molar refractivity (Wildman–Crippen MR) is 65.1 cm³/mol. The highest BCUT2D eigenvalue weighted by Crippen LogP contribution is 2.21. The van der Waals surface area contributed by atoms with Crippen molar-refractivity contribution >= 4 is 10.1 Å². The highest BCUT2D eigenvalue weighted by Gasteiger charge is 2.28. The molecule has 1 aliphatic heterocycles. The Morgan fingerprint density at radius 3 is 2.61 bits per heavy atom. The lowest BCUT2D eigenvalue weighted by Gasteiger charge is -2.14. The van der Waals surface area contributed by atoms with Gasteiger partial charge < -0.3 is 0 Å². The molecule has 0 bridgehead atoms. The first-order valence-electron chi connectivity index (χ1n) is 5.83. The molecule has 0 amide bonds. The summed E-state index contributed by atoms with van der Waals surface area (Å²) in [6.07, 6.45) is 0.625. The second kappa shape index (κ2) is 5.34. The molecule has 100 valence electrons.